The van der Waals surface area contributed by atoms with Crippen LogP contribution in [0.1, 0.15) is 39.3 Å². The van der Waals surface area contributed by atoms with Gasteiger partial charge in [0.15, 0.2) is 0 Å². The van der Waals surface area contributed by atoms with Crippen molar-refractivity contribution >= 4 is 29.4 Å². The molecule has 0 radical (unpaired) electrons. The number of likely N-dealkylation sites (tertiary alicyclic amines) is 1. The quantitative estimate of drug-likeness (QED) is 0.754. The highest BCUT2D eigenvalue weighted by Crippen LogP contribution is 2.39. The molecule has 2 aliphatic heterocycles. The monoisotopic (exact) mass is 444 g/mol. The molecule has 9 heteroatoms. The number of carbonyl (C=O) groups is 2. The second kappa shape index (κ2) is 8.49. The van der Waals surface area contributed by atoms with Crippen LogP contribution in [-0.4, -0.2) is 51.2 Å². The highest BCUT2D eigenvalue weighted by Gasteiger charge is 2.32. The fourth-order valence-corrected chi connectivity index (χ4v) is 4.71. The molecule has 2 aromatic heterocycles. The first-order valence-corrected chi connectivity index (χ1v) is 11.1. The minimum absolute atomic E-state index is 0.0853. The number of urea groups is 1. The Morgan fingerprint density at radius 1 is 1.29 bits per heavy atom. The summed E-state index contributed by atoms with van der Waals surface area (Å²) in [7, 11) is 0. The number of piperidine rings is 1. The van der Waals surface area contributed by atoms with Gasteiger partial charge in [-0.25, -0.2) is 9.78 Å². The average Bonchev–Trinajstić information content (AvgIpc) is 3.23. The Morgan fingerprint density at radius 3 is 2.87 bits per heavy atom. The SMILES string of the molecule is CC(=O)N1CCC[C@@H](CNC(=O)Nc2cc(-c3cnn4c3CC(C)(C)C4)c(Cl)cn2)C1. The molecular weight excluding hydrogens is 416 g/mol. The molecule has 31 heavy (non-hydrogen) atoms. The summed E-state index contributed by atoms with van der Waals surface area (Å²) in [6.45, 7) is 8.90. The van der Waals surface area contributed by atoms with Gasteiger partial charge in [0.1, 0.15) is 5.82 Å². The molecule has 0 saturated carbocycles. The van der Waals surface area contributed by atoms with Crippen molar-refractivity contribution in [3.05, 3.63) is 29.2 Å². The van der Waals surface area contributed by atoms with Crippen molar-refractivity contribution in [3.63, 3.8) is 0 Å². The number of aromatic nitrogens is 3. The van der Waals surface area contributed by atoms with Gasteiger partial charge >= 0.3 is 6.03 Å². The van der Waals surface area contributed by atoms with E-state index >= 15 is 0 Å². The van der Waals surface area contributed by atoms with Crippen LogP contribution in [0.15, 0.2) is 18.5 Å². The zero-order valence-corrected chi connectivity index (χ0v) is 19.0. The molecule has 166 valence electrons. The molecule has 0 spiro atoms. The predicted molar refractivity (Wildman–Crippen MR) is 120 cm³/mol. The van der Waals surface area contributed by atoms with Crippen molar-refractivity contribution in [2.24, 2.45) is 11.3 Å². The number of anilines is 1. The molecule has 0 aliphatic carbocycles. The molecule has 0 aromatic carbocycles. The van der Waals surface area contributed by atoms with E-state index in [9.17, 15) is 9.59 Å². The van der Waals surface area contributed by atoms with E-state index in [1.807, 2.05) is 15.8 Å². The molecule has 1 fully saturated rings. The Bertz CT molecular complexity index is 1000. The summed E-state index contributed by atoms with van der Waals surface area (Å²) in [6.07, 6.45) is 6.27. The van der Waals surface area contributed by atoms with E-state index in [1.165, 1.54) is 0 Å². The standard InChI is InChI=1S/C22H29ClN6O2/c1-14(30)28-6-4-5-15(12-28)9-25-21(31)27-20-7-16(18(23)11-24-20)17-10-26-29-13-22(2,3)8-19(17)29/h7,10-11,15H,4-6,8-9,12-13H2,1-3H3,(H2,24,25,27,31)/t15-/m0/s1. The van der Waals surface area contributed by atoms with Crippen LogP contribution in [0.4, 0.5) is 10.6 Å². The van der Waals surface area contributed by atoms with Gasteiger partial charge in [0.2, 0.25) is 5.91 Å². The third-order valence-electron chi connectivity index (χ3n) is 6.08. The minimum Gasteiger partial charge on any atom is -0.343 e. The van der Waals surface area contributed by atoms with Crippen molar-refractivity contribution in [2.45, 2.75) is 46.6 Å². The van der Waals surface area contributed by atoms with Gasteiger partial charge in [-0.1, -0.05) is 25.4 Å². The third-order valence-corrected chi connectivity index (χ3v) is 6.38. The summed E-state index contributed by atoms with van der Waals surface area (Å²) in [5.41, 5.74) is 3.11. The van der Waals surface area contributed by atoms with Crippen LogP contribution in [0.3, 0.4) is 0 Å². The lowest BCUT2D eigenvalue weighted by atomic mass is 9.89. The zero-order chi connectivity index (χ0) is 22.2. The van der Waals surface area contributed by atoms with E-state index in [-0.39, 0.29) is 23.3 Å². The van der Waals surface area contributed by atoms with E-state index < -0.39 is 0 Å². The molecule has 8 nitrogen and oxygen atoms in total. The van der Waals surface area contributed by atoms with E-state index in [0.717, 1.165) is 49.2 Å². The Hall–Kier alpha value is -2.61. The summed E-state index contributed by atoms with van der Waals surface area (Å²) in [5.74, 6) is 0.778. The highest BCUT2D eigenvalue weighted by molar-refractivity contribution is 6.33. The van der Waals surface area contributed by atoms with Crippen LogP contribution in [-0.2, 0) is 17.8 Å². The van der Waals surface area contributed by atoms with E-state index in [1.54, 1.807) is 19.2 Å². The van der Waals surface area contributed by atoms with Gasteiger partial charge in [-0.3, -0.25) is 14.8 Å². The molecular formula is C22H29ClN6O2. The lowest BCUT2D eigenvalue weighted by Gasteiger charge is -2.32. The number of halogens is 1. The fraction of sp³-hybridized carbons (Fsp3) is 0.545. The van der Waals surface area contributed by atoms with Crippen LogP contribution in [0, 0.1) is 11.3 Å². The number of rotatable bonds is 4. The third kappa shape index (κ3) is 4.84. The van der Waals surface area contributed by atoms with Crippen molar-refractivity contribution in [1.29, 1.82) is 0 Å². The first-order valence-electron chi connectivity index (χ1n) is 10.7. The average molecular weight is 445 g/mol. The first kappa shape index (κ1) is 21.6. The fourth-order valence-electron chi connectivity index (χ4n) is 4.50. The molecule has 1 saturated heterocycles. The smallest absolute Gasteiger partial charge is 0.320 e. The summed E-state index contributed by atoms with van der Waals surface area (Å²) in [5, 5.41) is 10.7. The molecule has 2 aliphatic rings. The highest BCUT2D eigenvalue weighted by atomic mass is 35.5. The maximum atomic E-state index is 12.4. The molecule has 4 rings (SSSR count). The van der Waals surface area contributed by atoms with Crippen molar-refractivity contribution < 1.29 is 9.59 Å². The maximum Gasteiger partial charge on any atom is 0.320 e. The number of fused-ring (bicyclic) bond motifs is 1. The van der Waals surface area contributed by atoms with Crippen LogP contribution >= 0.6 is 11.6 Å². The molecule has 1 atom stereocenters. The maximum absolute atomic E-state index is 12.4. The van der Waals surface area contributed by atoms with Gasteiger partial charge in [0.25, 0.3) is 0 Å². The van der Waals surface area contributed by atoms with Gasteiger partial charge in [0.05, 0.1) is 11.2 Å². The van der Waals surface area contributed by atoms with E-state index in [2.05, 4.69) is 34.6 Å². The molecule has 2 aromatic rings. The number of nitrogens with one attached hydrogen (secondary N) is 2. The van der Waals surface area contributed by atoms with Crippen LogP contribution in [0.25, 0.3) is 11.1 Å². The molecule has 3 amide bonds. The minimum atomic E-state index is -0.318. The Balaban J connectivity index is 1.40. The molecule has 2 N–H and O–H groups in total. The topological polar surface area (TPSA) is 92.2 Å². The lowest BCUT2D eigenvalue weighted by molar-refractivity contribution is -0.130. The van der Waals surface area contributed by atoms with Crippen molar-refractivity contribution in [2.75, 3.05) is 25.0 Å². The lowest BCUT2D eigenvalue weighted by Crippen LogP contribution is -2.43. The summed E-state index contributed by atoms with van der Waals surface area (Å²) in [6, 6.07) is 1.48. The number of pyridine rings is 1. The number of carbonyl (C=O) groups excluding carboxylic acids is 2. The number of amides is 3. The Morgan fingerprint density at radius 2 is 2.10 bits per heavy atom. The Kier molecular flexibility index (Phi) is 5.92. The van der Waals surface area contributed by atoms with Crippen LogP contribution in [0.2, 0.25) is 5.02 Å². The van der Waals surface area contributed by atoms with Crippen LogP contribution < -0.4 is 10.6 Å². The molecule has 4 heterocycles. The molecule has 0 unspecified atom stereocenters. The van der Waals surface area contributed by atoms with Gasteiger partial charge in [-0.15, -0.1) is 0 Å². The zero-order valence-electron chi connectivity index (χ0n) is 18.2. The van der Waals surface area contributed by atoms with Gasteiger partial charge < -0.3 is 10.2 Å². The predicted octanol–water partition coefficient (Wildman–Crippen LogP) is 3.56. The van der Waals surface area contributed by atoms with Crippen molar-refractivity contribution in [3.8, 4) is 11.1 Å². The first-order chi connectivity index (χ1) is 14.7. The largest absolute Gasteiger partial charge is 0.343 e. The summed E-state index contributed by atoms with van der Waals surface area (Å²) < 4.78 is 2.03. The number of hydrogen-bond donors (Lipinski definition) is 2. The van der Waals surface area contributed by atoms with Gasteiger partial charge in [-0.2, -0.15) is 5.10 Å². The van der Waals surface area contributed by atoms with E-state index in [4.69, 9.17) is 11.6 Å². The van der Waals surface area contributed by atoms with Gasteiger partial charge in [-0.05, 0) is 36.7 Å². The van der Waals surface area contributed by atoms with Crippen LogP contribution in [0.5, 0.6) is 0 Å². The molecule has 0 bridgehead atoms. The second-order valence-corrected chi connectivity index (χ2v) is 9.77. The Labute approximate surface area is 187 Å². The number of nitrogens with zero attached hydrogens (tertiary/aromatic N) is 4. The summed E-state index contributed by atoms with van der Waals surface area (Å²) >= 11 is 6.44. The summed E-state index contributed by atoms with van der Waals surface area (Å²) in [4.78, 5) is 30.1. The number of hydrogen-bond acceptors (Lipinski definition) is 4. The van der Waals surface area contributed by atoms with Crippen molar-refractivity contribution in [1.82, 2.24) is 25.0 Å². The normalized spacial score (nSPS) is 19.7. The van der Waals surface area contributed by atoms with Gasteiger partial charge in [0, 0.05) is 56.1 Å². The second-order valence-electron chi connectivity index (χ2n) is 9.36. The van der Waals surface area contributed by atoms with E-state index in [0.29, 0.717) is 23.9 Å².